The third-order valence-electron chi connectivity index (χ3n) is 2.25. The Morgan fingerprint density at radius 1 is 1.64 bits per heavy atom. The maximum atomic E-state index is 12.9. The number of rotatable bonds is 4. The van der Waals surface area contributed by atoms with Crippen molar-refractivity contribution in [1.82, 2.24) is 4.90 Å². The van der Waals surface area contributed by atoms with Crippen LogP contribution >= 0.6 is 0 Å². The van der Waals surface area contributed by atoms with Crippen molar-refractivity contribution < 1.29 is 13.9 Å². The first-order valence-corrected chi connectivity index (χ1v) is 4.32. The van der Waals surface area contributed by atoms with E-state index in [1.807, 2.05) is 0 Å². The number of aliphatic hydroxyl groups is 1. The van der Waals surface area contributed by atoms with Crippen molar-refractivity contribution in [2.45, 2.75) is 18.4 Å². The normalized spacial score (nSPS) is 26.1. The Morgan fingerprint density at radius 2 is 2.36 bits per heavy atom. The van der Waals surface area contributed by atoms with Crippen LogP contribution in [0, 0.1) is 0 Å². The van der Waals surface area contributed by atoms with Gasteiger partial charge in [-0.25, -0.2) is 8.78 Å². The molecule has 14 heavy (non-hydrogen) atoms. The molecule has 0 unspecified atom stereocenters. The summed E-state index contributed by atoms with van der Waals surface area (Å²) in [5.74, 6) is -2.73. The van der Waals surface area contributed by atoms with E-state index < -0.39 is 12.0 Å². The van der Waals surface area contributed by atoms with E-state index >= 15 is 0 Å². The Hall–Kier alpha value is -0.910. The van der Waals surface area contributed by atoms with E-state index in [9.17, 15) is 8.78 Å². The molecule has 0 bridgehead atoms. The zero-order valence-corrected chi connectivity index (χ0v) is 7.60. The van der Waals surface area contributed by atoms with Crippen molar-refractivity contribution in [1.29, 1.82) is 0 Å². The Kier molecular flexibility index (Phi) is 3.62. The first-order valence-electron chi connectivity index (χ1n) is 4.32. The second-order valence-electron chi connectivity index (χ2n) is 3.32. The van der Waals surface area contributed by atoms with Crippen LogP contribution in [-0.2, 0) is 0 Å². The van der Waals surface area contributed by atoms with Crippen molar-refractivity contribution in [3.05, 3.63) is 10.4 Å². The minimum Gasteiger partial charge on any atom is -0.395 e. The van der Waals surface area contributed by atoms with E-state index in [-0.39, 0.29) is 32.7 Å². The van der Waals surface area contributed by atoms with Gasteiger partial charge in [-0.05, 0) is 5.53 Å². The van der Waals surface area contributed by atoms with Crippen molar-refractivity contribution in [3.63, 3.8) is 0 Å². The summed E-state index contributed by atoms with van der Waals surface area (Å²) in [7, 11) is 0. The van der Waals surface area contributed by atoms with E-state index in [0.717, 1.165) is 0 Å². The summed E-state index contributed by atoms with van der Waals surface area (Å²) in [6.07, 6.45) is -0.320. The maximum absolute atomic E-state index is 12.9. The fraction of sp³-hybridized carbons (Fsp3) is 1.00. The molecule has 0 aromatic heterocycles. The van der Waals surface area contributed by atoms with Crippen LogP contribution in [0.5, 0.6) is 0 Å². The molecule has 80 valence electrons. The van der Waals surface area contributed by atoms with Gasteiger partial charge in [0.05, 0.1) is 13.2 Å². The first-order chi connectivity index (χ1) is 6.59. The summed E-state index contributed by atoms with van der Waals surface area (Å²) in [5, 5.41) is 12.1. The van der Waals surface area contributed by atoms with Gasteiger partial charge in [-0.3, -0.25) is 4.90 Å². The molecule has 0 aromatic rings. The number of alkyl halides is 2. The predicted octanol–water partition coefficient (Wildman–Crippen LogP) is 0.999. The lowest BCUT2D eigenvalue weighted by molar-refractivity contribution is 0.0120. The van der Waals surface area contributed by atoms with Gasteiger partial charge in [0.15, 0.2) is 0 Å². The van der Waals surface area contributed by atoms with Crippen LogP contribution < -0.4 is 0 Å². The molecule has 0 saturated carbocycles. The molecule has 0 aliphatic carbocycles. The number of azide groups is 1. The molecule has 1 N–H and O–H groups in total. The van der Waals surface area contributed by atoms with Crippen molar-refractivity contribution >= 4 is 0 Å². The molecule has 5 nitrogen and oxygen atoms in total. The van der Waals surface area contributed by atoms with Gasteiger partial charge in [0, 0.05) is 30.5 Å². The fourth-order valence-electron chi connectivity index (χ4n) is 1.62. The van der Waals surface area contributed by atoms with E-state index in [1.165, 1.54) is 4.90 Å². The highest BCUT2D eigenvalue weighted by Gasteiger charge is 2.44. The lowest BCUT2D eigenvalue weighted by atomic mass is 10.2. The number of halogens is 2. The quantitative estimate of drug-likeness (QED) is 0.423. The molecule has 1 aliphatic rings. The number of hydrogen-bond acceptors (Lipinski definition) is 3. The van der Waals surface area contributed by atoms with Crippen molar-refractivity contribution in [3.8, 4) is 0 Å². The van der Waals surface area contributed by atoms with Crippen LogP contribution in [0.1, 0.15) is 6.42 Å². The summed E-state index contributed by atoms with van der Waals surface area (Å²) < 4.78 is 25.8. The summed E-state index contributed by atoms with van der Waals surface area (Å²) in [5.41, 5.74) is 8.01. The Balaban J connectivity index is 2.46. The van der Waals surface area contributed by atoms with E-state index in [4.69, 9.17) is 10.6 Å². The number of hydrogen-bond donors (Lipinski definition) is 1. The largest absolute Gasteiger partial charge is 0.395 e. The zero-order valence-electron chi connectivity index (χ0n) is 7.60. The van der Waals surface area contributed by atoms with Crippen LogP contribution in [0.4, 0.5) is 8.78 Å². The second kappa shape index (κ2) is 4.54. The minimum atomic E-state index is -2.73. The molecule has 1 fully saturated rings. The van der Waals surface area contributed by atoms with Gasteiger partial charge in [0.25, 0.3) is 5.92 Å². The lowest BCUT2D eigenvalue weighted by Gasteiger charge is -2.20. The van der Waals surface area contributed by atoms with Gasteiger partial charge in [-0.1, -0.05) is 5.11 Å². The Bertz CT molecular complexity index is 242. The van der Waals surface area contributed by atoms with Gasteiger partial charge >= 0.3 is 0 Å². The van der Waals surface area contributed by atoms with E-state index in [1.54, 1.807) is 0 Å². The van der Waals surface area contributed by atoms with Crippen LogP contribution in [0.3, 0.4) is 0 Å². The fourth-order valence-corrected chi connectivity index (χ4v) is 1.62. The van der Waals surface area contributed by atoms with Crippen LogP contribution in [-0.4, -0.2) is 48.2 Å². The van der Waals surface area contributed by atoms with Crippen molar-refractivity contribution in [2.75, 3.05) is 26.2 Å². The molecule has 0 amide bonds. The molecule has 0 radical (unpaired) electrons. The monoisotopic (exact) mass is 206 g/mol. The SMILES string of the molecule is [N-]=[N+]=NCCN1CC(F)(F)C[C@H]1CO. The summed E-state index contributed by atoms with van der Waals surface area (Å²) in [6, 6.07) is -0.515. The first kappa shape index (κ1) is 11.2. The maximum Gasteiger partial charge on any atom is 0.262 e. The smallest absolute Gasteiger partial charge is 0.262 e. The number of aliphatic hydroxyl groups excluding tert-OH is 1. The molecule has 7 heteroatoms. The lowest BCUT2D eigenvalue weighted by Crippen LogP contribution is -2.34. The summed E-state index contributed by atoms with van der Waals surface area (Å²) in [6.45, 7) is -0.223. The van der Waals surface area contributed by atoms with Crippen molar-refractivity contribution in [2.24, 2.45) is 5.11 Å². The van der Waals surface area contributed by atoms with Gasteiger partial charge in [0.2, 0.25) is 0 Å². The standard InChI is InChI=1S/C7H12F2N4O/c8-7(9)3-6(4-14)13(5-7)2-1-11-12-10/h6,14H,1-5H2/t6-/m0/s1. The third-order valence-corrected chi connectivity index (χ3v) is 2.25. The number of likely N-dealkylation sites (tertiary alicyclic amines) is 1. The molecule has 1 heterocycles. The average molecular weight is 206 g/mol. The topological polar surface area (TPSA) is 72.2 Å². The average Bonchev–Trinajstić information content (AvgIpc) is 2.41. The summed E-state index contributed by atoms with van der Waals surface area (Å²) in [4.78, 5) is 3.99. The van der Waals surface area contributed by atoms with Crippen LogP contribution in [0.25, 0.3) is 10.4 Å². The zero-order chi connectivity index (χ0) is 10.6. The van der Waals surface area contributed by atoms with Crippen LogP contribution in [0.2, 0.25) is 0 Å². The van der Waals surface area contributed by atoms with Gasteiger partial charge in [-0.2, -0.15) is 0 Å². The molecular formula is C7H12F2N4O. The minimum absolute atomic E-state index is 0.156. The van der Waals surface area contributed by atoms with E-state index in [2.05, 4.69) is 10.0 Å². The highest BCUT2D eigenvalue weighted by atomic mass is 19.3. The van der Waals surface area contributed by atoms with Gasteiger partial charge < -0.3 is 5.11 Å². The predicted molar refractivity (Wildman–Crippen MR) is 46.0 cm³/mol. The molecule has 0 aromatic carbocycles. The third kappa shape index (κ3) is 2.80. The van der Waals surface area contributed by atoms with Gasteiger partial charge in [-0.15, -0.1) is 0 Å². The van der Waals surface area contributed by atoms with E-state index in [0.29, 0.717) is 0 Å². The summed E-state index contributed by atoms with van der Waals surface area (Å²) >= 11 is 0. The molecular weight excluding hydrogens is 194 g/mol. The highest BCUT2D eigenvalue weighted by molar-refractivity contribution is 4.90. The second-order valence-corrected chi connectivity index (χ2v) is 3.32. The Morgan fingerprint density at radius 3 is 2.93 bits per heavy atom. The van der Waals surface area contributed by atoms with Gasteiger partial charge in [0.1, 0.15) is 0 Å². The molecule has 0 spiro atoms. The molecule has 1 aliphatic heterocycles. The molecule has 1 rings (SSSR count). The Labute approximate surface area is 79.9 Å². The molecule has 1 atom stereocenters. The highest BCUT2D eigenvalue weighted by Crippen LogP contribution is 2.31. The number of nitrogens with zero attached hydrogens (tertiary/aromatic N) is 4. The van der Waals surface area contributed by atoms with Crippen LogP contribution in [0.15, 0.2) is 5.11 Å². The molecule has 1 saturated heterocycles.